The predicted octanol–water partition coefficient (Wildman–Crippen LogP) is 1.44. The van der Waals surface area contributed by atoms with Gasteiger partial charge in [0.1, 0.15) is 5.82 Å². The average Bonchev–Trinajstić information content (AvgIpc) is 2.56. The third kappa shape index (κ3) is 3.81. The summed E-state index contributed by atoms with van der Waals surface area (Å²) in [4.78, 5) is 13.4. The Morgan fingerprint density at radius 2 is 2.23 bits per heavy atom. The van der Waals surface area contributed by atoms with Crippen molar-refractivity contribution in [2.75, 3.05) is 20.2 Å². The monoisotopic (exact) mass is 306 g/mol. The number of aliphatic hydroxyl groups is 1. The smallest absolute Gasteiger partial charge is 0.334 e. The lowest BCUT2D eigenvalue weighted by molar-refractivity contribution is -0.154. The lowest BCUT2D eigenvalue weighted by Crippen LogP contribution is -2.40. The third-order valence-corrected chi connectivity index (χ3v) is 4.09. The number of carbonyl (C=O) groups excluding carboxylic acids is 1. The molecule has 1 atom stereocenters. The molecule has 5 nitrogen and oxygen atoms in total. The van der Waals surface area contributed by atoms with Crippen LogP contribution in [0.15, 0.2) is 18.2 Å². The van der Waals surface area contributed by atoms with Gasteiger partial charge >= 0.3 is 5.97 Å². The normalized spacial score (nSPS) is 17.7. The van der Waals surface area contributed by atoms with Crippen LogP contribution in [0.25, 0.3) is 0 Å². The van der Waals surface area contributed by atoms with Crippen molar-refractivity contribution in [1.82, 2.24) is 4.90 Å². The summed E-state index contributed by atoms with van der Waals surface area (Å²) in [5, 5.41) is 18.7. The van der Waals surface area contributed by atoms with Gasteiger partial charge in [-0.1, -0.05) is 0 Å². The molecule has 1 aliphatic heterocycles. The van der Waals surface area contributed by atoms with Crippen molar-refractivity contribution in [2.24, 2.45) is 5.92 Å². The van der Waals surface area contributed by atoms with Crippen LogP contribution in [0.1, 0.15) is 24.0 Å². The molecule has 118 valence electrons. The van der Waals surface area contributed by atoms with Crippen LogP contribution in [0.3, 0.4) is 0 Å². The quantitative estimate of drug-likeness (QED) is 0.852. The van der Waals surface area contributed by atoms with Gasteiger partial charge in [-0.2, -0.15) is 5.26 Å². The minimum atomic E-state index is -1.09. The molecule has 2 rings (SSSR count). The standard InChI is InChI=1S/C16H19FN2O3/c1-22-16(21)15(20)12-4-6-19(7-5-12)10-13-8-11(9-18)2-3-14(13)17/h2-3,8,12,15,20H,4-7,10H2,1H3. The summed E-state index contributed by atoms with van der Waals surface area (Å²) in [6.45, 7) is 1.74. The molecule has 0 saturated carbocycles. The summed E-state index contributed by atoms with van der Waals surface area (Å²) in [5.74, 6) is -1.05. The molecule has 0 amide bonds. The maximum atomic E-state index is 13.8. The number of likely N-dealkylation sites (tertiary alicyclic amines) is 1. The highest BCUT2D eigenvalue weighted by molar-refractivity contribution is 5.74. The fourth-order valence-corrected chi connectivity index (χ4v) is 2.75. The molecular formula is C16H19FN2O3. The Labute approximate surface area is 128 Å². The van der Waals surface area contributed by atoms with Crippen LogP contribution in [-0.4, -0.2) is 42.3 Å². The van der Waals surface area contributed by atoms with Crippen LogP contribution < -0.4 is 0 Å². The largest absolute Gasteiger partial charge is 0.467 e. The van der Waals surface area contributed by atoms with Gasteiger partial charge in [-0.05, 0) is 50.0 Å². The fourth-order valence-electron chi connectivity index (χ4n) is 2.75. The summed E-state index contributed by atoms with van der Waals surface area (Å²) in [7, 11) is 1.26. The van der Waals surface area contributed by atoms with Gasteiger partial charge < -0.3 is 9.84 Å². The number of methoxy groups -OCH3 is 1. The molecule has 22 heavy (non-hydrogen) atoms. The van der Waals surface area contributed by atoms with Crippen LogP contribution in [0.2, 0.25) is 0 Å². The Morgan fingerprint density at radius 1 is 1.55 bits per heavy atom. The molecule has 1 aromatic carbocycles. The van der Waals surface area contributed by atoms with E-state index < -0.39 is 12.1 Å². The highest BCUT2D eigenvalue weighted by Crippen LogP contribution is 2.23. The molecule has 0 spiro atoms. The minimum absolute atomic E-state index is 0.126. The van der Waals surface area contributed by atoms with Crippen molar-refractivity contribution < 1.29 is 19.0 Å². The van der Waals surface area contributed by atoms with E-state index in [2.05, 4.69) is 9.64 Å². The number of aliphatic hydroxyl groups excluding tert-OH is 1. The van der Waals surface area contributed by atoms with Gasteiger partial charge in [0, 0.05) is 12.1 Å². The molecule has 6 heteroatoms. The van der Waals surface area contributed by atoms with Crippen molar-refractivity contribution in [2.45, 2.75) is 25.5 Å². The second-order valence-corrected chi connectivity index (χ2v) is 5.50. The van der Waals surface area contributed by atoms with E-state index in [0.29, 0.717) is 43.6 Å². The van der Waals surface area contributed by atoms with E-state index in [1.807, 2.05) is 6.07 Å². The Balaban J connectivity index is 1.93. The summed E-state index contributed by atoms with van der Waals surface area (Å²) >= 11 is 0. The SMILES string of the molecule is COC(=O)C(O)C1CCN(Cc2cc(C#N)ccc2F)CC1. The molecule has 0 radical (unpaired) electrons. The molecule has 1 aliphatic rings. The number of benzene rings is 1. The number of nitrogens with zero attached hydrogens (tertiary/aromatic N) is 2. The van der Waals surface area contributed by atoms with E-state index in [0.717, 1.165) is 0 Å². The van der Waals surface area contributed by atoms with Crippen molar-refractivity contribution in [3.8, 4) is 6.07 Å². The molecule has 1 heterocycles. The van der Waals surface area contributed by atoms with Gasteiger partial charge in [0.15, 0.2) is 6.10 Å². The van der Waals surface area contributed by atoms with Gasteiger partial charge in [-0.25, -0.2) is 9.18 Å². The van der Waals surface area contributed by atoms with Gasteiger partial charge in [0.05, 0.1) is 18.7 Å². The van der Waals surface area contributed by atoms with Crippen molar-refractivity contribution in [3.63, 3.8) is 0 Å². The molecule has 1 aromatic rings. The van der Waals surface area contributed by atoms with E-state index in [9.17, 15) is 14.3 Å². The maximum Gasteiger partial charge on any atom is 0.334 e. The zero-order valence-electron chi connectivity index (χ0n) is 12.5. The van der Waals surface area contributed by atoms with Crippen LogP contribution in [0.4, 0.5) is 4.39 Å². The zero-order chi connectivity index (χ0) is 16.1. The first-order chi connectivity index (χ1) is 10.5. The van der Waals surface area contributed by atoms with Gasteiger partial charge in [0.2, 0.25) is 0 Å². The van der Waals surface area contributed by atoms with Crippen molar-refractivity contribution in [3.05, 3.63) is 35.1 Å². The van der Waals surface area contributed by atoms with E-state index in [1.54, 1.807) is 6.07 Å². The second-order valence-electron chi connectivity index (χ2n) is 5.50. The minimum Gasteiger partial charge on any atom is -0.467 e. The average molecular weight is 306 g/mol. The lowest BCUT2D eigenvalue weighted by Gasteiger charge is -2.33. The Kier molecular flexibility index (Phi) is 5.47. The fraction of sp³-hybridized carbons (Fsp3) is 0.500. The van der Waals surface area contributed by atoms with Crippen LogP contribution in [0, 0.1) is 23.1 Å². The number of hydrogen-bond donors (Lipinski definition) is 1. The van der Waals surface area contributed by atoms with E-state index >= 15 is 0 Å². The first-order valence-electron chi connectivity index (χ1n) is 7.22. The first kappa shape index (κ1) is 16.4. The van der Waals surface area contributed by atoms with Crippen LogP contribution >= 0.6 is 0 Å². The highest BCUT2D eigenvalue weighted by atomic mass is 19.1. The molecule has 1 saturated heterocycles. The summed E-state index contributed by atoms with van der Waals surface area (Å²) in [6.07, 6.45) is 0.205. The number of esters is 1. The molecule has 1 N–H and O–H groups in total. The van der Waals surface area contributed by atoms with Crippen molar-refractivity contribution >= 4 is 5.97 Å². The number of nitriles is 1. The number of ether oxygens (including phenoxy) is 1. The van der Waals surface area contributed by atoms with Crippen LogP contribution in [0.5, 0.6) is 0 Å². The molecule has 0 bridgehead atoms. The molecule has 1 fully saturated rings. The Hall–Kier alpha value is -1.97. The van der Waals surface area contributed by atoms with Gasteiger partial charge in [0.25, 0.3) is 0 Å². The molecular weight excluding hydrogens is 287 g/mol. The molecule has 0 aromatic heterocycles. The summed E-state index contributed by atoms with van der Waals surface area (Å²) in [5.41, 5.74) is 0.929. The number of hydrogen-bond acceptors (Lipinski definition) is 5. The number of rotatable bonds is 4. The highest BCUT2D eigenvalue weighted by Gasteiger charge is 2.30. The third-order valence-electron chi connectivity index (χ3n) is 4.09. The van der Waals surface area contributed by atoms with E-state index in [-0.39, 0.29) is 11.7 Å². The molecule has 0 aliphatic carbocycles. The molecule has 1 unspecified atom stereocenters. The van der Waals surface area contributed by atoms with E-state index in [1.165, 1.54) is 19.2 Å². The Bertz CT molecular complexity index is 577. The zero-order valence-corrected chi connectivity index (χ0v) is 12.5. The van der Waals surface area contributed by atoms with Crippen molar-refractivity contribution in [1.29, 1.82) is 5.26 Å². The summed E-state index contributed by atoms with van der Waals surface area (Å²) in [6, 6.07) is 6.33. The van der Waals surface area contributed by atoms with Crippen LogP contribution in [-0.2, 0) is 16.1 Å². The Morgan fingerprint density at radius 3 is 2.82 bits per heavy atom. The number of carbonyl (C=O) groups is 1. The lowest BCUT2D eigenvalue weighted by atomic mass is 9.91. The number of halogens is 1. The summed E-state index contributed by atoms with van der Waals surface area (Å²) < 4.78 is 18.3. The van der Waals surface area contributed by atoms with E-state index in [4.69, 9.17) is 5.26 Å². The van der Waals surface area contributed by atoms with Gasteiger partial charge in [-0.3, -0.25) is 4.90 Å². The predicted molar refractivity (Wildman–Crippen MR) is 77.1 cm³/mol. The maximum absolute atomic E-state index is 13.8. The number of piperidine rings is 1. The second kappa shape index (κ2) is 7.34. The topological polar surface area (TPSA) is 73.6 Å². The first-order valence-corrected chi connectivity index (χ1v) is 7.22. The van der Waals surface area contributed by atoms with Gasteiger partial charge in [-0.15, -0.1) is 0 Å².